The van der Waals surface area contributed by atoms with Crippen molar-refractivity contribution >= 4 is 52.5 Å². The molecule has 0 saturated carbocycles. The molecule has 12 heteroatoms. The number of aliphatic imine (C=N–C) groups is 1. The van der Waals surface area contributed by atoms with Gasteiger partial charge in [0, 0.05) is 28.7 Å². The van der Waals surface area contributed by atoms with E-state index in [0.717, 1.165) is 5.56 Å². The molecule has 1 amide bonds. The van der Waals surface area contributed by atoms with Crippen LogP contribution in [0.1, 0.15) is 34.5 Å². The molecule has 0 spiro atoms. The number of ether oxygens (including phenoxy) is 1. The number of nitrogens with one attached hydrogen (secondary N) is 3. The van der Waals surface area contributed by atoms with Crippen molar-refractivity contribution in [2.24, 2.45) is 4.99 Å². The van der Waals surface area contributed by atoms with Crippen molar-refractivity contribution in [1.82, 2.24) is 20.3 Å². The van der Waals surface area contributed by atoms with Crippen LogP contribution in [0.25, 0.3) is 11.2 Å². The van der Waals surface area contributed by atoms with Crippen molar-refractivity contribution in [2.75, 3.05) is 17.7 Å². The Balaban J connectivity index is 1.49. The monoisotopic (exact) mass is 531 g/mol. The second kappa shape index (κ2) is 10.3. The van der Waals surface area contributed by atoms with E-state index in [0.29, 0.717) is 39.0 Å². The van der Waals surface area contributed by atoms with Gasteiger partial charge in [0.05, 0.1) is 18.2 Å². The first-order valence-corrected chi connectivity index (χ1v) is 11.9. The second-order valence-electron chi connectivity index (χ2n) is 8.42. The summed E-state index contributed by atoms with van der Waals surface area (Å²) in [4.78, 5) is 42.9. The van der Waals surface area contributed by atoms with Gasteiger partial charge in [-0.3, -0.25) is 10.1 Å². The molecule has 1 atom stereocenters. The maximum absolute atomic E-state index is 13.5. The molecular formula is C26H22ClN7O4. The van der Waals surface area contributed by atoms with E-state index in [2.05, 4.69) is 30.9 Å². The molecule has 0 radical (unpaired) electrons. The number of anilines is 2. The third-order valence-corrected chi connectivity index (χ3v) is 6.08. The predicted molar refractivity (Wildman–Crippen MR) is 142 cm³/mol. The Morgan fingerprint density at radius 2 is 1.95 bits per heavy atom. The quantitative estimate of drug-likeness (QED) is 0.319. The summed E-state index contributed by atoms with van der Waals surface area (Å²) in [5.74, 6) is -0.534. The van der Waals surface area contributed by atoms with Crippen molar-refractivity contribution in [3.05, 3.63) is 87.8 Å². The summed E-state index contributed by atoms with van der Waals surface area (Å²) in [6.07, 6.45) is 3.02. The summed E-state index contributed by atoms with van der Waals surface area (Å²) < 4.78 is 10.4. The third-order valence-electron chi connectivity index (χ3n) is 5.75. The zero-order valence-electron chi connectivity index (χ0n) is 20.6. The number of aromatic nitrogens is 3. The fourth-order valence-corrected chi connectivity index (χ4v) is 4.30. The number of methoxy groups -OCH3 is 1. The van der Waals surface area contributed by atoms with E-state index in [-0.39, 0.29) is 17.4 Å². The zero-order chi connectivity index (χ0) is 26.8. The van der Waals surface area contributed by atoms with E-state index < -0.39 is 17.9 Å². The molecule has 38 heavy (non-hydrogen) atoms. The molecule has 4 aromatic rings. The van der Waals surface area contributed by atoms with E-state index in [1.807, 2.05) is 19.1 Å². The average molecular weight is 532 g/mol. The number of halogens is 1. The van der Waals surface area contributed by atoms with Crippen LogP contribution in [-0.2, 0) is 9.53 Å². The molecule has 1 aliphatic heterocycles. The molecule has 0 fully saturated rings. The topological polar surface area (TPSA) is 144 Å². The minimum atomic E-state index is -0.779. The SMILES string of the molecule is COC(=O)c1ccnc(NC(=O)C2=C(C)NC(Nc3nc4cccnc4o3)=NC2c2ccc(C)cc2Cl)c1. The highest BCUT2D eigenvalue weighted by atomic mass is 35.5. The highest BCUT2D eigenvalue weighted by molar-refractivity contribution is 6.31. The lowest BCUT2D eigenvalue weighted by Crippen LogP contribution is -2.37. The number of hydrogen-bond acceptors (Lipinski definition) is 10. The fraction of sp³-hybridized carbons (Fsp3) is 0.154. The molecule has 0 aliphatic carbocycles. The molecule has 0 bridgehead atoms. The minimum Gasteiger partial charge on any atom is -0.465 e. The standard InChI is InChI=1S/C26H22ClN7O4/c1-13-6-7-16(17(27)11-13)21-20(22(35)32-19-12-15(8-10-28-19)24(36)37-3)14(2)30-25(33-21)34-26-31-18-5-4-9-29-23(18)38-26/h4-12,21H,1-3H3,(H,28,32,35)(H2,30,31,33,34). The Bertz CT molecular complexity index is 1600. The number of esters is 1. The van der Waals surface area contributed by atoms with Crippen LogP contribution in [-0.4, -0.2) is 39.9 Å². The number of amides is 1. The maximum Gasteiger partial charge on any atom is 0.338 e. The van der Waals surface area contributed by atoms with Gasteiger partial charge in [0.25, 0.3) is 5.91 Å². The smallest absolute Gasteiger partial charge is 0.338 e. The number of pyridine rings is 2. The van der Waals surface area contributed by atoms with Gasteiger partial charge in [0.2, 0.25) is 11.7 Å². The Morgan fingerprint density at radius 3 is 2.71 bits per heavy atom. The van der Waals surface area contributed by atoms with Crippen LogP contribution in [0.5, 0.6) is 0 Å². The van der Waals surface area contributed by atoms with E-state index in [4.69, 9.17) is 25.7 Å². The van der Waals surface area contributed by atoms with Gasteiger partial charge < -0.3 is 19.8 Å². The molecule has 1 aliphatic rings. The lowest BCUT2D eigenvalue weighted by Gasteiger charge is -2.27. The van der Waals surface area contributed by atoms with Crippen LogP contribution in [0, 0.1) is 6.92 Å². The zero-order valence-corrected chi connectivity index (χ0v) is 21.3. The van der Waals surface area contributed by atoms with Gasteiger partial charge in [-0.15, -0.1) is 0 Å². The molecular weight excluding hydrogens is 510 g/mol. The minimum absolute atomic E-state index is 0.179. The number of carbonyl (C=O) groups excluding carboxylic acids is 2. The van der Waals surface area contributed by atoms with Gasteiger partial charge in [0.1, 0.15) is 17.4 Å². The maximum atomic E-state index is 13.5. The van der Waals surface area contributed by atoms with Gasteiger partial charge >= 0.3 is 12.0 Å². The van der Waals surface area contributed by atoms with E-state index in [1.165, 1.54) is 25.4 Å². The normalized spacial score (nSPS) is 15.1. The lowest BCUT2D eigenvalue weighted by atomic mass is 9.95. The molecule has 0 saturated heterocycles. The largest absolute Gasteiger partial charge is 0.465 e. The highest BCUT2D eigenvalue weighted by Crippen LogP contribution is 2.36. The summed E-state index contributed by atoms with van der Waals surface area (Å²) in [5, 5.41) is 9.31. The molecule has 192 valence electrons. The van der Waals surface area contributed by atoms with Gasteiger partial charge in [-0.05, 0) is 49.7 Å². The fourth-order valence-electron chi connectivity index (χ4n) is 3.96. The van der Waals surface area contributed by atoms with Gasteiger partial charge in [-0.25, -0.2) is 19.8 Å². The number of oxazole rings is 1. The number of aryl methyl sites for hydroxylation is 1. The predicted octanol–water partition coefficient (Wildman–Crippen LogP) is 4.39. The summed E-state index contributed by atoms with van der Waals surface area (Å²) in [7, 11) is 1.28. The van der Waals surface area contributed by atoms with Gasteiger partial charge in [-0.2, -0.15) is 4.98 Å². The second-order valence-corrected chi connectivity index (χ2v) is 8.82. The Morgan fingerprint density at radius 1 is 1.11 bits per heavy atom. The molecule has 5 rings (SSSR count). The number of carbonyl (C=O) groups is 2. The van der Waals surface area contributed by atoms with Crippen LogP contribution < -0.4 is 16.0 Å². The number of benzene rings is 1. The van der Waals surface area contributed by atoms with E-state index in [1.54, 1.807) is 31.3 Å². The van der Waals surface area contributed by atoms with E-state index >= 15 is 0 Å². The summed E-state index contributed by atoms with van der Waals surface area (Å²) >= 11 is 6.61. The van der Waals surface area contributed by atoms with Crippen molar-refractivity contribution in [1.29, 1.82) is 0 Å². The highest BCUT2D eigenvalue weighted by Gasteiger charge is 2.31. The van der Waals surface area contributed by atoms with Gasteiger partial charge in [-0.1, -0.05) is 23.7 Å². The van der Waals surface area contributed by atoms with Crippen LogP contribution in [0.3, 0.4) is 0 Å². The number of nitrogens with zero attached hydrogens (tertiary/aromatic N) is 4. The molecule has 1 aromatic carbocycles. The van der Waals surface area contributed by atoms with Crippen LogP contribution in [0.2, 0.25) is 5.02 Å². The average Bonchev–Trinajstić information content (AvgIpc) is 3.30. The molecule has 3 N–H and O–H groups in total. The van der Waals surface area contributed by atoms with Crippen LogP contribution in [0.4, 0.5) is 11.8 Å². The van der Waals surface area contributed by atoms with Crippen molar-refractivity contribution in [3.63, 3.8) is 0 Å². The third kappa shape index (κ3) is 5.04. The Labute approximate surface area is 222 Å². The molecule has 11 nitrogen and oxygen atoms in total. The van der Waals surface area contributed by atoms with Crippen LogP contribution >= 0.6 is 11.6 Å². The first-order valence-electron chi connectivity index (χ1n) is 11.5. The summed E-state index contributed by atoms with van der Waals surface area (Å²) in [5.41, 5.74) is 3.62. The first-order chi connectivity index (χ1) is 18.3. The molecule has 3 aromatic heterocycles. The lowest BCUT2D eigenvalue weighted by molar-refractivity contribution is -0.113. The van der Waals surface area contributed by atoms with Crippen molar-refractivity contribution < 1.29 is 18.7 Å². The number of fused-ring (bicyclic) bond motifs is 1. The van der Waals surface area contributed by atoms with Crippen molar-refractivity contribution in [3.8, 4) is 0 Å². The summed E-state index contributed by atoms with van der Waals surface area (Å²) in [6, 6.07) is 11.4. The van der Waals surface area contributed by atoms with E-state index in [9.17, 15) is 9.59 Å². The van der Waals surface area contributed by atoms with Crippen LogP contribution in [0.15, 0.2) is 75.5 Å². The first kappa shape index (κ1) is 24.9. The number of hydrogen-bond donors (Lipinski definition) is 3. The molecule has 1 unspecified atom stereocenters. The number of rotatable bonds is 5. The summed E-state index contributed by atoms with van der Waals surface area (Å²) in [6.45, 7) is 3.66. The Hall–Kier alpha value is -4.77. The molecule has 4 heterocycles. The number of allylic oxidation sites excluding steroid dienone is 1. The van der Waals surface area contributed by atoms with Crippen molar-refractivity contribution in [2.45, 2.75) is 19.9 Å². The number of guanidine groups is 1. The van der Waals surface area contributed by atoms with Gasteiger partial charge in [0.15, 0.2) is 0 Å². The Kier molecular flexibility index (Phi) is 6.75.